The lowest BCUT2D eigenvalue weighted by atomic mass is 10.2. The molecule has 114 valence electrons. The summed E-state index contributed by atoms with van der Waals surface area (Å²) in [5, 5.41) is 10.0. The van der Waals surface area contributed by atoms with Gasteiger partial charge in [-0.15, -0.1) is 0 Å². The summed E-state index contributed by atoms with van der Waals surface area (Å²) in [6.45, 7) is 0.580. The molecule has 20 heavy (non-hydrogen) atoms. The summed E-state index contributed by atoms with van der Waals surface area (Å²) in [5.41, 5.74) is 0. The zero-order valence-electron chi connectivity index (χ0n) is 11.9. The van der Waals surface area contributed by atoms with Crippen LogP contribution in [0.4, 0.5) is 0 Å². The molecule has 0 aromatic heterocycles. The molecule has 0 aromatic rings. The molecule has 0 aliphatic heterocycles. The highest BCUT2D eigenvalue weighted by Gasteiger charge is 2.06. The predicted molar refractivity (Wildman–Crippen MR) is 72.6 cm³/mol. The molecule has 0 aliphatic rings. The predicted octanol–water partition coefficient (Wildman–Crippen LogP) is -1.73. The zero-order chi connectivity index (χ0) is 15.4. The maximum Gasteiger partial charge on any atom is 0.220 e. The molecule has 0 spiro atoms. The Morgan fingerprint density at radius 2 is 0.900 bits per heavy atom. The van der Waals surface area contributed by atoms with Crippen LogP contribution in [0.5, 0.6) is 0 Å². The molecule has 8 nitrogen and oxygen atoms in total. The van der Waals surface area contributed by atoms with Crippen LogP contribution >= 0.6 is 0 Å². The van der Waals surface area contributed by atoms with Gasteiger partial charge in [-0.25, -0.2) is 0 Å². The molecule has 4 N–H and O–H groups in total. The van der Waals surface area contributed by atoms with Crippen molar-refractivity contribution in [2.75, 3.05) is 27.2 Å². The van der Waals surface area contributed by atoms with Crippen molar-refractivity contribution >= 4 is 23.6 Å². The molecule has 0 radical (unpaired) electrons. The van der Waals surface area contributed by atoms with Crippen LogP contribution in [0.2, 0.25) is 0 Å². The van der Waals surface area contributed by atoms with E-state index < -0.39 is 0 Å². The largest absolute Gasteiger partial charge is 0.359 e. The summed E-state index contributed by atoms with van der Waals surface area (Å²) in [7, 11) is 3.02. The Hall–Kier alpha value is -2.12. The second kappa shape index (κ2) is 10.8. The van der Waals surface area contributed by atoms with Crippen molar-refractivity contribution in [2.24, 2.45) is 0 Å². The number of hydrogen-bond donors (Lipinski definition) is 4. The highest BCUT2D eigenvalue weighted by molar-refractivity contribution is 5.84. The summed E-state index contributed by atoms with van der Waals surface area (Å²) in [4.78, 5) is 44.4. The second-order valence-electron chi connectivity index (χ2n) is 4.05. The quantitative estimate of drug-likeness (QED) is 0.377. The third-order valence-electron chi connectivity index (χ3n) is 2.49. The number of carbonyl (C=O) groups excluding carboxylic acids is 4. The van der Waals surface area contributed by atoms with Crippen LogP contribution in [-0.4, -0.2) is 50.8 Å². The zero-order valence-corrected chi connectivity index (χ0v) is 11.9. The first-order valence-corrected chi connectivity index (χ1v) is 6.44. The van der Waals surface area contributed by atoms with Crippen LogP contribution in [0.25, 0.3) is 0 Å². The number of carbonyl (C=O) groups is 4. The van der Waals surface area contributed by atoms with Crippen LogP contribution in [0.1, 0.15) is 25.7 Å². The normalized spacial score (nSPS) is 9.50. The van der Waals surface area contributed by atoms with E-state index in [1.165, 1.54) is 14.1 Å². The molecule has 0 bridgehead atoms. The first kappa shape index (κ1) is 17.9. The number of nitrogens with one attached hydrogen (secondary N) is 4. The summed E-state index contributed by atoms with van der Waals surface area (Å²) in [5.74, 6) is -0.869. The standard InChI is InChI=1S/C12H22N4O4/c1-13-9(17)3-5-11(19)15-7-8-16-12(20)6-4-10(18)14-2/h3-8H2,1-2H3,(H,13,17)(H,14,18)(H,15,19)(H,16,20). The van der Waals surface area contributed by atoms with Gasteiger partial charge in [-0.2, -0.15) is 0 Å². The van der Waals surface area contributed by atoms with Crippen LogP contribution < -0.4 is 21.3 Å². The minimum absolute atomic E-state index is 0.115. The van der Waals surface area contributed by atoms with Crippen molar-refractivity contribution in [3.05, 3.63) is 0 Å². The fraction of sp³-hybridized carbons (Fsp3) is 0.667. The Morgan fingerprint density at radius 1 is 0.600 bits per heavy atom. The molecule has 0 fully saturated rings. The fourth-order valence-electron chi connectivity index (χ4n) is 1.28. The Labute approximate surface area is 118 Å². The van der Waals surface area contributed by atoms with Gasteiger partial charge in [0, 0.05) is 52.9 Å². The molecule has 0 aliphatic carbocycles. The Balaban J connectivity index is 3.55. The molecule has 0 atom stereocenters. The minimum atomic E-state index is -0.242. The summed E-state index contributed by atoms with van der Waals surface area (Å²) in [6, 6.07) is 0. The molecule has 0 unspecified atom stereocenters. The molecule has 0 saturated carbocycles. The van der Waals surface area contributed by atoms with Gasteiger partial charge in [-0.1, -0.05) is 0 Å². The molecule has 8 heteroatoms. The first-order chi connectivity index (χ1) is 9.49. The average Bonchev–Trinajstić information content (AvgIpc) is 2.46. The SMILES string of the molecule is CNC(=O)CCC(=O)NCCNC(=O)CCC(=O)NC. The van der Waals surface area contributed by atoms with E-state index in [0.717, 1.165) is 0 Å². The number of hydrogen-bond acceptors (Lipinski definition) is 4. The molecule has 0 rings (SSSR count). The smallest absolute Gasteiger partial charge is 0.220 e. The van der Waals surface area contributed by atoms with Gasteiger partial charge in [-0.05, 0) is 0 Å². The van der Waals surface area contributed by atoms with Crippen molar-refractivity contribution in [2.45, 2.75) is 25.7 Å². The van der Waals surface area contributed by atoms with E-state index in [9.17, 15) is 19.2 Å². The second-order valence-corrected chi connectivity index (χ2v) is 4.05. The van der Waals surface area contributed by atoms with E-state index in [0.29, 0.717) is 0 Å². The minimum Gasteiger partial charge on any atom is -0.359 e. The lowest BCUT2D eigenvalue weighted by molar-refractivity contribution is -0.126. The summed E-state index contributed by atoms with van der Waals surface area (Å²) < 4.78 is 0. The number of rotatable bonds is 9. The van der Waals surface area contributed by atoms with Gasteiger partial charge in [-0.3, -0.25) is 19.2 Å². The van der Waals surface area contributed by atoms with Gasteiger partial charge in [0.1, 0.15) is 0 Å². The first-order valence-electron chi connectivity index (χ1n) is 6.44. The lowest BCUT2D eigenvalue weighted by Crippen LogP contribution is -2.35. The fourth-order valence-corrected chi connectivity index (χ4v) is 1.28. The van der Waals surface area contributed by atoms with E-state index in [1.54, 1.807) is 0 Å². The Morgan fingerprint density at radius 3 is 1.20 bits per heavy atom. The van der Waals surface area contributed by atoms with E-state index in [-0.39, 0.29) is 62.4 Å². The van der Waals surface area contributed by atoms with E-state index in [2.05, 4.69) is 21.3 Å². The number of amides is 4. The van der Waals surface area contributed by atoms with Crippen LogP contribution in [0.3, 0.4) is 0 Å². The molecule has 4 amide bonds. The van der Waals surface area contributed by atoms with Gasteiger partial charge in [0.25, 0.3) is 0 Å². The molecule has 0 saturated heterocycles. The van der Waals surface area contributed by atoms with Gasteiger partial charge in [0.15, 0.2) is 0 Å². The van der Waals surface area contributed by atoms with Crippen LogP contribution in [-0.2, 0) is 19.2 Å². The van der Waals surface area contributed by atoms with Crippen molar-refractivity contribution in [3.8, 4) is 0 Å². The van der Waals surface area contributed by atoms with Crippen LogP contribution in [0, 0.1) is 0 Å². The van der Waals surface area contributed by atoms with Crippen molar-refractivity contribution in [1.82, 2.24) is 21.3 Å². The van der Waals surface area contributed by atoms with Gasteiger partial charge >= 0.3 is 0 Å². The highest BCUT2D eigenvalue weighted by Crippen LogP contribution is 1.89. The van der Waals surface area contributed by atoms with Crippen molar-refractivity contribution in [1.29, 1.82) is 0 Å². The van der Waals surface area contributed by atoms with E-state index in [4.69, 9.17) is 0 Å². The Bertz CT molecular complexity index is 323. The van der Waals surface area contributed by atoms with Crippen molar-refractivity contribution < 1.29 is 19.2 Å². The molecular formula is C12H22N4O4. The Kier molecular flexibility index (Phi) is 9.63. The van der Waals surface area contributed by atoms with Gasteiger partial charge in [0.05, 0.1) is 0 Å². The average molecular weight is 286 g/mol. The van der Waals surface area contributed by atoms with E-state index in [1.807, 2.05) is 0 Å². The third kappa shape index (κ3) is 9.86. The molecule has 0 aromatic carbocycles. The summed E-state index contributed by atoms with van der Waals surface area (Å²) >= 11 is 0. The van der Waals surface area contributed by atoms with Gasteiger partial charge < -0.3 is 21.3 Å². The van der Waals surface area contributed by atoms with E-state index >= 15 is 0 Å². The maximum absolute atomic E-state index is 11.3. The summed E-state index contributed by atoms with van der Waals surface area (Å²) in [6.07, 6.45) is 0.510. The molecular weight excluding hydrogens is 264 g/mol. The highest BCUT2D eigenvalue weighted by atomic mass is 16.2. The third-order valence-corrected chi connectivity index (χ3v) is 2.49. The van der Waals surface area contributed by atoms with Gasteiger partial charge in [0.2, 0.25) is 23.6 Å². The monoisotopic (exact) mass is 286 g/mol. The maximum atomic E-state index is 11.3. The lowest BCUT2D eigenvalue weighted by Gasteiger charge is -2.07. The van der Waals surface area contributed by atoms with Crippen molar-refractivity contribution in [3.63, 3.8) is 0 Å². The topological polar surface area (TPSA) is 116 Å². The molecule has 0 heterocycles. The van der Waals surface area contributed by atoms with Crippen LogP contribution in [0.15, 0.2) is 0 Å².